The van der Waals surface area contributed by atoms with Crippen LogP contribution in [0, 0.1) is 5.92 Å². The van der Waals surface area contributed by atoms with Crippen LogP contribution in [0.15, 0.2) is 18.2 Å². The molecular weight excluding hydrogens is 322 g/mol. The lowest BCUT2D eigenvalue weighted by Crippen LogP contribution is -2.40. The van der Waals surface area contributed by atoms with Crippen LogP contribution in [0.4, 0.5) is 19.3 Å². The third-order valence-electron chi connectivity index (χ3n) is 4.38. The SMILES string of the molecule is O=C(Nc1ccc2c(c1)OC(F)(F)O2)N(C[C@H]1CCOC1)C1CC1. The Labute approximate surface area is 137 Å². The molecule has 1 aromatic carbocycles. The molecule has 24 heavy (non-hydrogen) atoms. The van der Waals surface area contributed by atoms with Crippen molar-refractivity contribution < 1.29 is 27.8 Å². The van der Waals surface area contributed by atoms with Crippen molar-refractivity contribution in [3.05, 3.63) is 18.2 Å². The van der Waals surface area contributed by atoms with Crippen LogP contribution in [0.5, 0.6) is 11.5 Å². The molecule has 0 spiro atoms. The van der Waals surface area contributed by atoms with Crippen LogP contribution in [0.25, 0.3) is 0 Å². The highest BCUT2D eigenvalue weighted by atomic mass is 19.3. The highest BCUT2D eigenvalue weighted by Crippen LogP contribution is 2.42. The summed E-state index contributed by atoms with van der Waals surface area (Å²) in [4.78, 5) is 14.4. The number of halogens is 2. The third kappa shape index (κ3) is 3.24. The number of rotatable bonds is 4. The second kappa shape index (κ2) is 5.77. The van der Waals surface area contributed by atoms with E-state index in [-0.39, 0.29) is 23.6 Å². The number of amides is 2. The molecule has 2 aliphatic heterocycles. The Balaban J connectivity index is 1.43. The lowest BCUT2D eigenvalue weighted by Gasteiger charge is -2.25. The number of benzene rings is 1. The summed E-state index contributed by atoms with van der Waals surface area (Å²) in [6.45, 7) is 2.07. The first kappa shape index (κ1) is 15.4. The van der Waals surface area contributed by atoms with Crippen LogP contribution in [0.2, 0.25) is 0 Å². The van der Waals surface area contributed by atoms with Crippen molar-refractivity contribution >= 4 is 11.7 Å². The molecule has 3 aliphatic rings. The van der Waals surface area contributed by atoms with Crippen LogP contribution in [0.3, 0.4) is 0 Å². The summed E-state index contributed by atoms with van der Waals surface area (Å²) in [7, 11) is 0. The van der Waals surface area contributed by atoms with E-state index in [2.05, 4.69) is 14.8 Å². The van der Waals surface area contributed by atoms with E-state index in [0.29, 0.717) is 24.8 Å². The van der Waals surface area contributed by atoms with Crippen molar-refractivity contribution in [2.24, 2.45) is 5.92 Å². The van der Waals surface area contributed by atoms with Crippen molar-refractivity contribution in [3.8, 4) is 11.5 Å². The lowest BCUT2D eigenvalue weighted by atomic mass is 10.1. The molecule has 1 aromatic rings. The average molecular weight is 340 g/mol. The molecule has 0 radical (unpaired) electrons. The van der Waals surface area contributed by atoms with Gasteiger partial charge in [-0.1, -0.05) is 0 Å². The maximum Gasteiger partial charge on any atom is 0.586 e. The van der Waals surface area contributed by atoms with Gasteiger partial charge in [0.15, 0.2) is 11.5 Å². The van der Waals surface area contributed by atoms with Crippen LogP contribution in [-0.4, -0.2) is 43.0 Å². The second-order valence-electron chi connectivity index (χ2n) is 6.37. The summed E-state index contributed by atoms with van der Waals surface area (Å²) in [5.41, 5.74) is 0.397. The maximum atomic E-state index is 13.0. The van der Waals surface area contributed by atoms with Crippen molar-refractivity contribution in [3.63, 3.8) is 0 Å². The Hall–Kier alpha value is -2.09. The van der Waals surface area contributed by atoms with Crippen molar-refractivity contribution in [2.75, 3.05) is 25.1 Å². The smallest absolute Gasteiger partial charge is 0.395 e. The molecule has 2 fully saturated rings. The van der Waals surface area contributed by atoms with E-state index in [0.717, 1.165) is 25.9 Å². The van der Waals surface area contributed by atoms with Gasteiger partial charge in [0.1, 0.15) is 0 Å². The minimum absolute atomic E-state index is 0.0415. The van der Waals surface area contributed by atoms with Gasteiger partial charge in [-0.15, -0.1) is 8.78 Å². The second-order valence-corrected chi connectivity index (χ2v) is 6.37. The fourth-order valence-corrected chi connectivity index (χ4v) is 3.01. The largest absolute Gasteiger partial charge is 0.586 e. The number of nitrogens with zero attached hydrogens (tertiary/aromatic N) is 1. The van der Waals surface area contributed by atoms with E-state index in [1.165, 1.54) is 18.2 Å². The van der Waals surface area contributed by atoms with Crippen LogP contribution >= 0.6 is 0 Å². The standard InChI is InChI=1S/C16H18F2N2O4/c17-16(18)23-13-4-1-11(7-14(13)24-16)19-15(21)20(12-2-3-12)8-10-5-6-22-9-10/h1,4,7,10,12H,2-3,5-6,8-9H2,(H,19,21)/t10-/m1/s1. The van der Waals surface area contributed by atoms with Crippen molar-refractivity contribution in [1.29, 1.82) is 0 Å². The van der Waals surface area contributed by atoms with Gasteiger partial charge in [0.25, 0.3) is 0 Å². The number of hydrogen-bond acceptors (Lipinski definition) is 4. The van der Waals surface area contributed by atoms with Gasteiger partial charge >= 0.3 is 12.3 Å². The Bertz CT molecular complexity index is 645. The molecule has 0 bridgehead atoms. The number of hydrogen-bond donors (Lipinski definition) is 1. The molecule has 1 saturated heterocycles. The number of alkyl halides is 2. The monoisotopic (exact) mass is 340 g/mol. The van der Waals surface area contributed by atoms with E-state index in [1.54, 1.807) is 0 Å². The first-order valence-electron chi connectivity index (χ1n) is 8.05. The van der Waals surface area contributed by atoms with Crippen molar-refractivity contribution in [2.45, 2.75) is 31.6 Å². The van der Waals surface area contributed by atoms with Crippen LogP contribution in [0.1, 0.15) is 19.3 Å². The molecule has 0 unspecified atom stereocenters. The predicted octanol–water partition coefficient (Wildman–Crippen LogP) is 3.04. The highest BCUT2D eigenvalue weighted by molar-refractivity contribution is 5.90. The molecule has 8 heteroatoms. The summed E-state index contributed by atoms with van der Waals surface area (Å²) >= 11 is 0. The number of ether oxygens (including phenoxy) is 3. The molecule has 1 aliphatic carbocycles. The molecule has 0 aromatic heterocycles. The molecule has 2 heterocycles. The number of fused-ring (bicyclic) bond motifs is 1. The van der Waals surface area contributed by atoms with Gasteiger partial charge in [0.2, 0.25) is 0 Å². The highest BCUT2D eigenvalue weighted by Gasteiger charge is 2.43. The van der Waals surface area contributed by atoms with E-state index in [9.17, 15) is 13.6 Å². The summed E-state index contributed by atoms with van der Waals surface area (Å²) in [6.07, 6.45) is -0.716. The quantitative estimate of drug-likeness (QED) is 0.915. The Morgan fingerprint density at radius 3 is 2.75 bits per heavy atom. The fraction of sp³-hybridized carbons (Fsp3) is 0.562. The zero-order chi connectivity index (χ0) is 16.7. The average Bonchev–Trinajstić information content (AvgIpc) is 3.12. The van der Waals surface area contributed by atoms with Gasteiger partial charge in [-0.25, -0.2) is 4.79 Å². The minimum Gasteiger partial charge on any atom is -0.395 e. The summed E-state index contributed by atoms with van der Waals surface area (Å²) in [6, 6.07) is 4.25. The molecule has 1 N–H and O–H groups in total. The van der Waals surface area contributed by atoms with Crippen molar-refractivity contribution in [1.82, 2.24) is 4.90 Å². The number of urea groups is 1. The Morgan fingerprint density at radius 1 is 1.25 bits per heavy atom. The summed E-state index contributed by atoms with van der Waals surface area (Å²) in [5.74, 6) is 0.229. The Morgan fingerprint density at radius 2 is 2.04 bits per heavy atom. The topological polar surface area (TPSA) is 60.0 Å². The summed E-state index contributed by atoms with van der Waals surface area (Å²) < 4.78 is 40.2. The number of anilines is 1. The first-order chi connectivity index (χ1) is 11.5. The van der Waals surface area contributed by atoms with E-state index < -0.39 is 6.29 Å². The molecule has 6 nitrogen and oxygen atoms in total. The number of carbonyl (C=O) groups excluding carboxylic acids is 1. The number of carbonyl (C=O) groups is 1. The first-order valence-corrected chi connectivity index (χ1v) is 8.05. The van der Waals surface area contributed by atoms with Gasteiger partial charge < -0.3 is 24.4 Å². The van der Waals surface area contributed by atoms with Gasteiger partial charge in [0.05, 0.1) is 6.61 Å². The minimum atomic E-state index is -3.66. The predicted molar refractivity (Wildman–Crippen MR) is 80.3 cm³/mol. The fourth-order valence-electron chi connectivity index (χ4n) is 3.01. The summed E-state index contributed by atoms with van der Waals surface area (Å²) in [5, 5.41) is 2.76. The van der Waals surface area contributed by atoms with Crippen LogP contribution < -0.4 is 14.8 Å². The zero-order valence-electron chi connectivity index (χ0n) is 13.0. The van der Waals surface area contributed by atoms with E-state index in [4.69, 9.17) is 4.74 Å². The third-order valence-corrected chi connectivity index (χ3v) is 4.38. The normalized spacial score (nSPS) is 24.0. The molecule has 4 rings (SSSR count). The molecule has 130 valence electrons. The maximum absolute atomic E-state index is 13.0. The molecule has 1 atom stereocenters. The molecular formula is C16H18F2N2O4. The van der Waals surface area contributed by atoms with E-state index in [1.807, 2.05) is 4.90 Å². The van der Waals surface area contributed by atoms with Crippen LogP contribution in [-0.2, 0) is 4.74 Å². The number of nitrogens with one attached hydrogen (secondary N) is 1. The lowest BCUT2D eigenvalue weighted by molar-refractivity contribution is -0.286. The van der Waals surface area contributed by atoms with E-state index >= 15 is 0 Å². The van der Waals surface area contributed by atoms with Gasteiger partial charge in [0, 0.05) is 36.9 Å². The zero-order valence-corrected chi connectivity index (χ0v) is 13.0. The molecule has 2 amide bonds. The van der Waals surface area contributed by atoms with Gasteiger partial charge in [-0.2, -0.15) is 0 Å². The van der Waals surface area contributed by atoms with Gasteiger partial charge in [-0.05, 0) is 31.4 Å². The molecule has 1 saturated carbocycles. The van der Waals surface area contributed by atoms with Gasteiger partial charge in [-0.3, -0.25) is 0 Å². The Kier molecular flexibility index (Phi) is 3.71.